The smallest absolute Gasteiger partial charge is 0.272 e. The van der Waals surface area contributed by atoms with Crippen LogP contribution < -0.4 is 5.32 Å². The van der Waals surface area contributed by atoms with E-state index >= 15 is 0 Å². The first-order valence-corrected chi connectivity index (χ1v) is 9.54. The molecule has 7 heteroatoms. The highest BCUT2D eigenvalue weighted by atomic mass is 19.1. The summed E-state index contributed by atoms with van der Waals surface area (Å²) in [4.78, 5) is 26.9. The molecule has 29 heavy (non-hydrogen) atoms. The normalized spacial score (nSPS) is 13.3. The lowest BCUT2D eigenvalue weighted by Crippen LogP contribution is -2.39. The van der Waals surface area contributed by atoms with Crippen LogP contribution in [-0.2, 0) is 19.5 Å². The van der Waals surface area contributed by atoms with E-state index in [4.69, 9.17) is 0 Å². The number of aromatic nitrogens is 2. The average Bonchev–Trinajstić information content (AvgIpc) is 3.18. The van der Waals surface area contributed by atoms with Crippen LogP contribution in [0.4, 0.5) is 4.39 Å². The molecule has 6 nitrogen and oxygen atoms in total. The van der Waals surface area contributed by atoms with Crippen molar-refractivity contribution in [1.82, 2.24) is 20.0 Å². The summed E-state index contributed by atoms with van der Waals surface area (Å²) in [5.41, 5.74) is 2.63. The maximum absolute atomic E-state index is 13.1. The predicted octanol–water partition coefficient (Wildman–Crippen LogP) is 2.65. The lowest BCUT2D eigenvalue weighted by atomic mass is 10.1. The lowest BCUT2D eigenvalue weighted by molar-refractivity contribution is 0.0683. The van der Waals surface area contributed by atoms with Gasteiger partial charge in [0.1, 0.15) is 11.5 Å². The zero-order chi connectivity index (χ0) is 20.2. The number of nitrogens with one attached hydrogen (secondary N) is 1. The van der Waals surface area contributed by atoms with Crippen molar-refractivity contribution in [3.8, 4) is 0 Å². The first-order valence-electron chi connectivity index (χ1n) is 9.54. The minimum absolute atomic E-state index is 0.184. The highest BCUT2D eigenvalue weighted by Crippen LogP contribution is 2.17. The van der Waals surface area contributed by atoms with E-state index in [-0.39, 0.29) is 23.3 Å². The molecular formula is C22H21FN4O2. The number of fused-ring (bicyclic) bond motifs is 1. The first-order chi connectivity index (χ1) is 14.1. The van der Waals surface area contributed by atoms with Crippen molar-refractivity contribution in [2.45, 2.75) is 19.5 Å². The second-order valence-electron chi connectivity index (χ2n) is 6.98. The fraction of sp³-hybridized carbons (Fsp3) is 0.227. The van der Waals surface area contributed by atoms with Crippen molar-refractivity contribution in [3.63, 3.8) is 0 Å². The van der Waals surface area contributed by atoms with E-state index in [1.165, 1.54) is 18.2 Å². The van der Waals surface area contributed by atoms with E-state index in [0.717, 1.165) is 17.5 Å². The van der Waals surface area contributed by atoms with Crippen molar-refractivity contribution in [3.05, 3.63) is 89.0 Å². The van der Waals surface area contributed by atoms with Crippen LogP contribution in [0.3, 0.4) is 0 Å². The number of carbonyl (C=O) groups excluding carboxylic acids is 2. The molecule has 1 aromatic heterocycles. The average molecular weight is 392 g/mol. The Morgan fingerprint density at radius 1 is 1.03 bits per heavy atom. The number of benzene rings is 2. The summed E-state index contributed by atoms with van der Waals surface area (Å²) in [6, 6.07) is 17.5. The van der Waals surface area contributed by atoms with Crippen molar-refractivity contribution in [1.29, 1.82) is 0 Å². The van der Waals surface area contributed by atoms with Crippen molar-refractivity contribution >= 4 is 11.8 Å². The Bertz CT molecular complexity index is 1020. The molecule has 3 aromatic rings. The number of nitrogens with zero attached hydrogens (tertiary/aromatic N) is 3. The van der Waals surface area contributed by atoms with Crippen LogP contribution in [0, 0.1) is 5.82 Å². The molecule has 0 spiro atoms. The standard InChI is InChI=1S/C22H21FN4O2/c23-18-8-6-17(7-9-18)15-26-12-13-27-20(22(26)29)14-19(25-27)21(28)24-11-10-16-4-2-1-3-5-16/h1-9,14H,10-13,15H2,(H,24,28). The van der Waals surface area contributed by atoms with Gasteiger partial charge in [-0.05, 0) is 29.7 Å². The van der Waals surface area contributed by atoms with Crippen LogP contribution in [0.1, 0.15) is 32.1 Å². The van der Waals surface area contributed by atoms with Gasteiger partial charge in [-0.2, -0.15) is 5.10 Å². The van der Waals surface area contributed by atoms with Crippen LogP contribution >= 0.6 is 0 Å². The number of rotatable bonds is 6. The SMILES string of the molecule is O=C(NCCc1ccccc1)c1cc2n(n1)CCN(Cc1ccc(F)cc1)C2=O. The Hall–Kier alpha value is -3.48. The van der Waals surface area contributed by atoms with E-state index in [0.29, 0.717) is 31.9 Å². The molecule has 0 unspecified atom stereocenters. The molecule has 2 aromatic carbocycles. The van der Waals surface area contributed by atoms with Gasteiger partial charge in [-0.25, -0.2) is 4.39 Å². The lowest BCUT2D eigenvalue weighted by Gasteiger charge is -2.27. The number of amides is 2. The molecule has 0 bridgehead atoms. The van der Waals surface area contributed by atoms with Crippen LogP contribution in [0.25, 0.3) is 0 Å². The highest BCUT2D eigenvalue weighted by molar-refractivity contribution is 5.98. The second-order valence-corrected chi connectivity index (χ2v) is 6.98. The molecule has 0 aliphatic carbocycles. The van der Waals surface area contributed by atoms with Crippen molar-refractivity contribution in [2.24, 2.45) is 0 Å². The largest absolute Gasteiger partial charge is 0.350 e. The third-order valence-corrected chi connectivity index (χ3v) is 4.93. The summed E-state index contributed by atoms with van der Waals surface area (Å²) in [5.74, 6) is -0.781. The number of hydrogen-bond donors (Lipinski definition) is 1. The summed E-state index contributed by atoms with van der Waals surface area (Å²) in [6.07, 6.45) is 0.727. The molecule has 4 rings (SSSR count). The van der Waals surface area contributed by atoms with Gasteiger partial charge in [-0.15, -0.1) is 0 Å². The Kier molecular flexibility index (Phi) is 5.37. The maximum atomic E-state index is 13.1. The van der Waals surface area contributed by atoms with Gasteiger partial charge in [-0.3, -0.25) is 14.3 Å². The number of hydrogen-bond acceptors (Lipinski definition) is 3. The van der Waals surface area contributed by atoms with Gasteiger partial charge in [0.15, 0.2) is 5.69 Å². The van der Waals surface area contributed by atoms with E-state index in [2.05, 4.69) is 10.4 Å². The van der Waals surface area contributed by atoms with Crippen LogP contribution in [0.5, 0.6) is 0 Å². The van der Waals surface area contributed by atoms with Gasteiger partial charge < -0.3 is 10.2 Å². The van der Waals surface area contributed by atoms with E-state index in [1.807, 2.05) is 30.3 Å². The topological polar surface area (TPSA) is 67.2 Å². The maximum Gasteiger partial charge on any atom is 0.272 e. The number of carbonyl (C=O) groups is 2. The molecule has 0 saturated carbocycles. The molecule has 0 atom stereocenters. The monoisotopic (exact) mass is 392 g/mol. The summed E-state index contributed by atoms with van der Waals surface area (Å²) in [6.45, 7) is 1.89. The van der Waals surface area contributed by atoms with Crippen LogP contribution in [0.15, 0.2) is 60.7 Å². The highest BCUT2D eigenvalue weighted by Gasteiger charge is 2.27. The molecule has 0 saturated heterocycles. The van der Waals surface area contributed by atoms with Gasteiger partial charge in [0.25, 0.3) is 11.8 Å². The zero-order valence-corrected chi connectivity index (χ0v) is 15.8. The summed E-state index contributed by atoms with van der Waals surface area (Å²) < 4.78 is 14.7. The van der Waals surface area contributed by atoms with E-state index in [9.17, 15) is 14.0 Å². The fourth-order valence-electron chi connectivity index (χ4n) is 3.37. The first kappa shape index (κ1) is 18.9. The van der Waals surface area contributed by atoms with Gasteiger partial charge >= 0.3 is 0 Å². The second kappa shape index (κ2) is 8.26. The van der Waals surface area contributed by atoms with Crippen molar-refractivity contribution < 1.29 is 14.0 Å². The Morgan fingerprint density at radius 2 is 1.79 bits per heavy atom. The fourth-order valence-corrected chi connectivity index (χ4v) is 3.37. The van der Waals surface area contributed by atoms with E-state index < -0.39 is 0 Å². The predicted molar refractivity (Wildman–Crippen MR) is 106 cm³/mol. The zero-order valence-electron chi connectivity index (χ0n) is 15.8. The van der Waals surface area contributed by atoms with E-state index in [1.54, 1.807) is 21.7 Å². The van der Waals surface area contributed by atoms with Crippen molar-refractivity contribution in [2.75, 3.05) is 13.1 Å². The molecule has 1 aliphatic rings. The molecule has 2 amide bonds. The molecule has 0 radical (unpaired) electrons. The van der Waals surface area contributed by atoms with Crippen LogP contribution in [-0.4, -0.2) is 39.6 Å². The molecule has 0 fully saturated rings. The molecule has 148 valence electrons. The summed E-state index contributed by atoms with van der Waals surface area (Å²) >= 11 is 0. The van der Waals surface area contributed by atoms with Crippen LogP contribution in [0.2, 0.25) is 0 Å². The minimum atomic E-state index is -0.306. The molecular weight excluding hydrogens is 371 g/mol. The third kappa shape index (κ3) is 4.34. The van der Waals surface area contributed by atoms with Gasteiger partial charge in [0.2, 0.25) is 0 Å². The quantitative estimate of drug-likeness (QED) is 0.701. The third-order valence-electron chi connectivity index (χ3n) is 4.93. The van der Waals surface area contributed by atoms with Gasteiger partial charge in [0.05, 0.1) is 6.54 Å². The Labute approximate surface area is 167 Å². The molecule has 2 heterocycles. The summed E-state index contributed by atoms with van der Waals surface area (Å²) in [7, 11) is 0. The number of halogens is 1. The Balaban J connectivity index is 1.38. The summed E-state index contributed by atoms with van der Waals surface area (Å²) in [5, 5.41) is 7.14. The minimum Gasteiger partial charge on any atom is -0.350 e. The molecule has 1 N–H and O–H groups in total. The Morgan fingerprint density at radius 3 is 2.55 bits per heavy atom. The molecule has 1 aliphatic heterocycles. The van der Waals surface area contributed by atoms with Gasteiger partial charge in [0, 0.05) is 25.7 Å². The van der Waals surface area contributed by atoms with Gasteiger partial charge in [-0.1, -0.05) is 42.5 Å².